The van der Waals surface area contributed by atoms with Gasteiger partial charge in [0, 0.05) is 57.5 Å². The van der Waals surface area contributed by atoms with Gasteiger partial charge in [-0.3, -0.25) is 9.59 Å². The molecular formula is C27H40FN3O3. The monoisotopic (exact) mass is 473 g/mol. The molecule has 4 rings (SSSR count). The van der Waals surface area contributed by atoms with Crippen LogP contribution in [0.4, 0.5) is 4.39 Å². The molecule has 1 aliphatic carbocycles. The summed E-state index contributed by atoms with van der Waals surface area (Å²) >= 11 is 0. The van der Waals surface area contributed by atoms with Crippen molar-refractivity contribution in [1.29, 1.82) is 0 Å². The average Bonchev–Trinajstić information content (AvgIpc) is 3.36. The Labute approximate surface area is 203 Å². The zero-order valence-electron chi connectivity index (χ0n) is 20.6. The molecule has 1 aromatic carbocycles. The number of ether oxygens (including phenoxy) is 1. The molecule has 34 heavy (non-hydrogen) atoms. The van der Waals surface area contributed by atoms with Crippen LogP contribution in [0.1, 0.15) is 57.8 Å². The van der Waals surface area contributed by atoms with Gasteiger partial charge in [0.05, 0.1) is 6.61 Å². The Balaban J connectivity index is 1.42. The van der Waals surface area contributed by atoms with Crippen LogP contribution in [0.2, 0.25) is 0 Å². The van der Waals surface area contributed by atoms with Crippen molar-refractivity contribution >= 4 is 11.8 Å². The molecule has 2 heterocycles. The molecule has 0 spiro atoms. The van der Waals surface area contributed by atoms with Gasteiger partial charge in [-0.25, -0.2) is 4.39 Å². The minimum absolute atomic E-state index is 0.149. The Morgan fingerprint density at radius 3 is 2.38 bits per heavy atom. The maximum atomic E-state index is 13.3. The second-order valence-electron chi connectivity index (χ2n) is 10.7. The number of likely N-dealkylation sites (tertiary alicyclic amines) is 1. The molecule has 3 aliphatic rings. The minimum Gasteiger partial charge on any atom is -0.493 e. The summed E-state index contributed by atoms with van der Waals surface area (Å²) in [6, 6.07) is 6.02. The number of hydrogen-bond acceptors (Lipinski definition) is 4. The number of carbonyl (C=O) groups is 2. The predicted octanol–water partition coefficient (Wildman–Crippen LogP) is 3.95. The standard InChI is InChI=1S/C27H40FN3O3/c1-29-15-17-30(18-16-29)26(33)19-27(21-34-24-10-8-23(28)9-11-24)13-4-14-31(20-27)25(32)12-7-22-5-2-3-6-22/h8-11,22H,2-7,12-21H2,1H3/t27-/m0/s1. The number of rotatable bonds is 8. The number of likely N-dealkylation sites (N-methyl/N-ethyl adjacent to an activating group) is 1. The van der Waals surface area contributed by atoms with Crippen molar-refractivity contribution in [2.75, 3.05) is 52.9 Å². The third-order valence-electron chi connectivity index (χ3n) is 8.00. The molecule has 6 nitrogen and oxygen atoms in total. The number of hydrogen-bond donors (Lipinski definition) is 0. The van der Waals surface area contributed by atoms with Crippen LogP contribution >= 0.6 is 0 Å². The minimum atomic E-state index is -0.421. The normalized spacial score (nSPS) is 24.4. The number of nitrogens with zero attached hydrogens (tertiary/aromatic N) is 3. The lowest BCUT2D eigenvalue weighted by molar-refractivity contribution is -0.142. The molecule has 0 unspecified atom stereocenters. The SMILES string of the molecule is CN1CCN(C(=O)C[C@@]2(COc3ccc(F)cc3)CCCN(C(=O)CCC3CCCC3)C2)CC1. The van der Waals surface area contributed by atoms with Crippen LogP contribution in [0.5, 0.6) is 5.75 Å². The molecule has 0 aromatic heterocycles. The summed E-state index contributed by atoms with van der Waals surface area (Å²) < 4.78 is 19.4. The number of piperazine rings is 1. The maximum Gasteiger partial charge on any atom is 0.223 e. The highest BCUT2D eigenvalue weighted by molar-refractivity contribution is 5.78. The van der Waals surface area contributed by atoms with E-state index in [9.17, 15) is 14.0 Å². The van der Waals surface area contributed by atoms with Gasteiger partial charge in [-0.05, 0) is 56.5 Å². The van der Waals surface area contributed by atoms with Crippen molar-refractivity contribution in [2.45, 2.75) is 57.8 Å². The van der Waals surface area contributed by atoms with E-state index in [1.54, 1.807) is 12.1 Å². The summed E-state index contributed by atoms with van der Waals surface area (Å²) in [5.41, 5.74) is -0.421. The van der Waals surface area contributed by atoms with Gasteiger partial charge in [-0.2, -0.15) is 0 Å². The summed E-state index contributed by atoms with van der Waals surface area (Å²) in [4.78, 5) is 32.6. The molecule has 0 bridgehead atoms. The van der Waals surface area contributed by atoms with E-state index in [0.29, 0.717) is 37.7 Å². The van der Waals surface area contributed by atoms with Crippen LogP contribution in [0.15, 0.2) is 24.3 Å². The Morgan fingerprint density at radius 2 is 1.68 bits per heavy atom. The molecule has 2 saturated heterocycles. The van der Waals surface area contributed by atoms with Crippen LogP contribution in [0, 0.1) is 17.2 Å². The van der Waals surface area contributed by atoms with Gasteiger partial charge in [0.25, 0.3) is 0 Å². The summed E-state index contributed by atoms with van der Waals surface area (Å²) in [7, 11) is 2.08. The molecule has 188 valence electrons. The fourth-order valence-corrected chi connectivity index (χ4v) is 5.77. The van der Waals surface area contributed by atoms with Crippen molar-refractivity contribution in [3.63, 3.8) is 0 Å². The maximum absolute atomic E-state index is 13.3. The number of carbonyl (C=O) groups excluding carboxylic acids is 2. The third kappa shape index (κ3) is 6.71. The zero-order chi connectivity index (χ0) is 24.0. The molecule has 0 radical (unpaired) electrons. The van der Waals surface area contributed by atoms with Crippen LogP contribution in [-0.4, -0.2) is 79.4 Å². The largest absolute Gasteiger partial charge is 0.493 e. The van der Waals surface area contributed by atoms with E-state index >= 15 is 0 Å². The summed E-state index contributed by atoms with van der Waals surface area (Å²) in [6.45, 7) is 4.92. The van der Waals surface area contributed by atoms with Crippen molar-refractivity contribution in [3.8, 4) is 5.75 Å². The van der Waals surface area contributed by atoms with Gasteiger partial charge in [0.15, 0.2) is 0 Å². The zero-order valence-corrected chi connectivity index (χ0v) is 20.6. The molecule has 2 aliphatic heterocycles. The molecule has 3 fully saturated rings. The van der Waals surface area contributed by atoms with Gasteiger partial charge in [0.2, 0.25) is 11.8 Å². The lowest BCUT2D eigenvalue weighted by atomic mass is 9.77. The molecule has 7 heteroatoms. The molecular weight excluding hydrogens is 433 g/mol. The first-order chi connectivity index (χ1) is 16.4. The van der Waals surface area contributed by atoms with Crippen molar-refractivity contribution in [1.82, 2.24) is 14.7 Å². The second-order valence-corrected chi connectivity index (χ2v) is 10.7. The van der Waals surface area contributed by atoms with E-state index in [1.807, 2.05) is 9.80 Å². The van der Waals surface area contributed by atoms with E-state index in [2.05, 4.69) is 11.9 Å². The smallest absolute Gasteiger partial charge is 0.223 e. The van der Waals surface area contributed by atoms with Crippen LogP contribution in [0.25, 0.3) is 0 Å². The van der Waals surface area contributed by atoms with Gasteiger partial charge >= 0.3 is 0 Å². The lowest BCUT2D eigenvalue weighted by Gasteiger charge is -2.43. The number of halogens is 1. The third-order valence-corrected chi connectivity index (χ3v) is 8.00. The van der Waals surface area contributed by atoms with E-state index in [-0.39, 0.29) is 17.6 Å². The number of benzene rings is 1. The van der Waals surface area contributed by atoms with Crippen molar-refractivity contribution < 1.29 is 18.7 Å². The summed E-state index contributed by atoms with van der Waals surface area (Å²) in [5, 5.41) is 0. The topological polar surface area (TPSA) is 53.1 Å². The quantitative estimate of drug-likeness (QED) is 0.574. The first kappa shape index (κ1) is 25.0. The van der Waals surface area contributed by atoms with Gasteiger partial charge in [-0.15, -0.1) is 0 Å². The van der Waals surface area contributed by atoms with Crippen LogP contribution in [-0.2, 0) is 9.59 Å². The highest BCUT2D eigenvalue weighted by atomic mass is 19.1. The first-order valence-electron chi connectivity index (χ1n) is 13.0. The molecule has 1 aromatic rings. The highest BCUT2D eigenvalue weighted by Gasteiger charge is 2.41. The van der Waals surface area contributed by atoms with E-state index < -0.39 is 5.41 Å². The van der Waals surface area contributed by atoms with E-state index in [4.69, 9.17) is 4.74 Å². The number of piperidine rings is 1. The molecule has 1 atom stereocenters. The Bertz CT molecular complexity index is 819. The summed E-state index contributed by atoms with van der Waals surface area (Å²) in [5.74, 6) is 1.35. The Morgan fingerprint density at radius 1 is 0.971 bits per heavy atom. The Hall–Kier alpha value is -2.15. The van der Waals surface area contributed by atoms with Crippen LogP contribution in [0.3, 0.4) is 0 Å². The predicted molar refractivity (Wildman–Crippen MR) is 130 cm³/mol. The highest BCUT2D eigenvalue weighted by Crippen LogP contribution is 2.36. The lowest BCUT2D eigenvalue weighted by Crippen LogP contribution is -2.53. The number of amides is 2. The Kier molecular flexibility index (Phi) is 8.46. The average molecular weight is 474 g/mol. The van der Waals surface area contributed by atoms with E-state index in [0.717, 1.165) is 52.0 Å². The molecule has 2 amide bonds. The van der Waals surface area contributed by atoms with Crippen molar-refractivity contribution in [3.05, 3.63) is 30.1 Å². The van der Waals surface area contributed by atoms with Crippen LogP contribution < -0.4 is 4.74 Å². The second kappa shape index (κ2) is 11.5. The summed E-state index contributed by atoms with van der Waals surface area (Å²) in [6.07, 6.45) is 8.77. The molecule has 1 saturated carbocycles. The fraction of sp³-hybridized carbons (Fsp3) is 0.704. The molecule has 0 N–H and O–H groups in total. The fourth-order valence-electron chi connectivity index (χ4n) is 5.77. The van der Waals surface area contributed by atoms with Gasteiger partial charge in [-0.1, -0.05) is 25.7 Å². The first-order valence-corrected chi connectivity index (χ1v) is 13.0. The van der Waals surface area contributed by atoms with E-state index in [1.165, 1.54) is 37.8 Å². The van der Waals surface area contributed by atoms with Gasteiger partial charge < -0.3 is 19.4 Å². The van der Waals surface area contributed by atoms with Gasteiger partial charge in [0.1, 0.15) is 11.6 Å². The van der Waals surface area contributed by atoms with Crippen molar-refractivity contribution in [2.24, 2.45) is 11.3 Å².